The number of hydrogen-bond donors (Lipinski definition) is 2. The number of esters is 1. The Morgan fingerprint density at radius 3 is 2.29 bits per heavy atom. The van der Waals surface area contributed by atoms with Crippen molar-refractivity contribution in [3.8, 4) is 0 Å². The highest BCUT2D eigenvalue weighted by molar-refractivity contribution is 7.87. The lowest BCUT2D eigenvalue weighted by Crippen LogP contribution is -2.48. The van der Waals surface area contributed by atoms with Crippen molar-refractivity contribution in [2.75, 3.05) is 7.05 Å². The zero-order valence-corrected chi connectivity index (χ0v) is 13.5. The van der Waals surface area contributed by atoms with Crippen LogP contribution in [0.15, 0.2) is 30.3 Å². The molecule has 6 nitrogen and oxygen atoms in total. The predicted molar refractivity (Wildman–Crippen MR) is 80.9 cm³/mol. The van der Waals surface area contributed by atoms with Crippen molar-refractivity contribution in [1.82, 2.24) is 9.44 Å². The van der Waals surface area contributed by atoms with Crippen LogP contribution < -0.4 is 9.44 Å². The van der Waals surface area contributed by atoms with E-state index in [0.717, 1.165) is 5.56 Å². The predicted octanol–water partition coefficient (Wildman–Crippen LogP) is 0.993. The van der Waals surface area contributed by atoms with Crippen LogP contribution in [0.25, 0.3) is 0 Å². The van der Waals surface area contributed by atoms with Crippen LogP contribution in [0.5, 0.6) is 0 Å². The Labute approximate surface area is 126 Å². The van der Waals surface area contributed by atoms with Crippen molar-refractivity contribution in [1.29, 1.82) is 0 Å². The van der Waals surface area contributed by atoms with Crippen LogP contribution in [0.1, 0.15) is 26.3 Å². The molecule has 0 saturated carbocycles. The lowest BCUT2D eigenvalue weighted by Gasteiger charge is -2.24. The van der Waals surface area contributed by atoms with Crippen molar-refractivity contribution in [3.63, 3.8) is 0 Å². The van der Waals surface area contributed by atoms with E-state index >= 15 is 0 Å². The molecule has 0 heterocycles. The molecule has 0 aliphatic rings. The fraction of sp³-hybridized carbons (Fsp3) is 0.500. The third-order valence-electron chi connectivity index (χ3n) is 2.54. The molecular weight excluding hydrogens is 292 g/mol. The van der Waals surface area contributed by atoms with Crippen LogP contribution in [0.3, 0.4) is 0 Å². The van der Waals surface area contributed by atoms with Crippen molar-refractivity contribution in [2.45, 2.75) is 38.8 Å². The van der Waals surface area contributed by atoms with Gasteiger partial charge in [0.15, 0.2) is 0 Å². The summed E-state index contributed by atoms with van der Waals surface area (Å²) in [6.07, 6.45) is 0.219. The first-order valence-electron chi connectivity index (χ1n) is 6.60. The second kappa shape index (κ2) is 7.02. The number of carbonyl (C=O) groups is 1. The summed E-state index contributed by atoms with van der Waals surface area (Å²) in [4.78, 5) is 12.2. The summed E-state index contributed by atoms with van der Waals surface area (Å²) < 4.78 is 33.0. The van der Waals surface area contributed by atoms with Gasteiger partial charge in [0, 0.05) is 7.05 Å². The lowest BCUT2D eigenvalue weighted by molar-refractivity contribution is -0.156. The highest BCUT2D eigenvalue weighted by atomic mass is 32.2. The van der Waals surface area contributed by atoms with Crippen LogP contribution in [0.4, 0.5) is 0 Å². The molecule has 1 aromatic rings. The minimum absolute atomic E-state index is 0.219. The number of nitrogens with one attached hydrogen (secondary N) is 2. The standard InChI is InChI=1S/C14H22N2O4S/c1-14(2,3)20-13(17)12(16-21(18,19)15-4)10-11-8-6-5-7-9-11/h5-9,12,15-16H,10H2,1-4H3/t12-/m1/s1. The molecule has 0 radical (unpaired) electrons. The van der Waals surface area contributed by atoms with E-state index in [0.29, 0.717) is 0 Å². The SMILES string of the molecule is CNS(=O)(=O)N[C@H](Cc1ccccc1)C(=O)OC(C)(C)C. The maximum Gasteiger partial charge on any atom is 0.325 e. The summed E-state index contributed by atoms with van der Waals surface area (Å²) in [5, 5.41) is 0. The molecule has 0 fully saturated rings. The van der Waals surface area contributed by atoms with Crippen molar-refractivity contribution in [2.24, 2.45) is 0 Å². The summed E-state index contributed by atoms with van der Waals surface area (Å²) >= 11 is 0. The number of carbonyl (C=O) groups excluding carboxylic acids is 1. The van der Waals surface area contributed by atoms with Gasteiger partial charge in [-0.2, -0.15) is 13.1 Å². The minimum atomic E-state index is -3.74. The molecule has 21 heavy (non-hydrogen) atoms. The molecule has 0 aliphatic carbocycles. The minimum Gasteiger partial charge on any atom is -0.459 e. The topological polar surface area (TPSA) is 84.5 Å². The smallest absolute Gasteiger partial charge is 0.325 e. The molecule has 0 bridgehead atoms. The van der Waals surface area contributed by atoms with E-state index in [1.54, 1.807) is 20.8 Å². The van der Waals surface area contributed by atoms with E-state index in [1.807, 2.05) is 30.3 Å². The lowest BCUT2D eigenvalue weighted by atomic mass is 10.1. The molecule has 2 N–H and O–H groups in total. The maximum atomic E-state index is 12.2. The van der Waals surface area contributed by atoms with Gasteiger partial charge >= 0.3 is 5.97 Å². The van der Waals surface area contributed by atoms with Gasteiger partial charge in [0.05, 0.1) is 0 Å². The molecule has 7 heteroatoms. The van der Waals surface area contributed by atoms with Crippen LogP contribution in [-0.4, -0.2) is 33.1 Å². The van der Waals surface area contributed by atoms with Crippen molar-refractivity contribution < 1.29 is 17.9 Å². The van der Waals surface area contributed by atoms with Gasteiger partial charge in [-0.05, 0) is 32.8 Å². The zero-order valence-electron chi connectivity index (χ0n) is 12.7. The second-order valence-corrected chi connectivity index (χ2v) is 7.25. The molecule has 0 unspecified atom stereocenters. The Hall–Kier alpha value is -1.44. The summed E-state index contributed by atoms with van der Waals surface area (Å²) in [7, 11) is -2.47. The molecule has 0 aromatic heterocycles. The van der Waals surface area contributed by atoms with Crippen LogP contribution in [0.2, 0.25) is 0 Å². The van der Waals surface area contributed by atoms with Gasteiger partial charge in [0.1, 0.15) is 11.6 Å². The van der Waals surface area contributed by atoms with Crippen molar-refractivity contribution in [3.05, 3.63) is 35.9 Å². The monoisotopic (exact) mass is 314 g/mol. The quantitative estimate of drug-likeness (QED) is 0.767. The van der Waals surface area contributed by atoms with Crippen molar-refractivity contribution >= 4 is 16.2 Å². The largest absolute Gasteiger partial charge is 0.459 e. The molecule has 1 rings (SSSR count). The Bertz CT molecular complexity index is 564. The average Bonchev–Trinajstić information content (AvgIpc) is 2.37. The normalized spacial score (nSPS) is 13.7. The average molecular weight is 314 g/mol. The molecular formula is C14H22N2O4S. The van der Waals surface area contributed by atoms with E-state index in [2.05, 4.69) is 9.44 Å². The second-order valence-electron chi connectivity index (χ2n) is 5.60. The fourth-order valence-corrected chi connectivity index (χ4v) is 2.31. The summed E-state index contributed by atoms with van der Waals surface area (Å²) in [5.74, 6) is -0.606. The van der Waals surface area contributed by atoms with Gasteiger partial charge < -0.3 is 4.74 Å². The van der Waals surface area contributed by atoms with Gasteiger partial charge in [-0.1, -0.05) is 30.3 Å². The number of benzene rings is 1. The summed E-state index contributed by atoms with van der Waals surface area (Å²) in [6.45, 7) is 5.20. The number of rotatable bonds is 6. The van der Waals surface area contributed by atoms with Gasteiger partial charge in [-0.15, -0.1) is 0 Å². The Morgan fingerprint density at radius 1 is 1.24 bits per heavy atom. The van der Waals surface area contributed by atoms with Gasteiger partial charge in [-0.25, -0.2) is 4.72 Å². The van der Waals surface area contributed by atoms with Gasteiger partial charge in [0.2, 0.25) is 0 Å². The molecule has 0 aliphatic heterocycles. The number of ether oxygens (including phenoxy) is 1. The molecule has 0 spiro atoms. The zero-order chi connectivity index (χ0) is 16.1. The first-order chi connectivity index (χ1) is 9.63. The molecule has 118 valence electrons. The highest BCUT2D eigenvalue weighted by Crippen LogP contribution is 2.12. The molecule has 1 aromatic carbocycles. The highest BCUT2D eigenvalue weighted by Gasteiger charge is 2.28. The summed E-state index contributed by atoms with van der Waals surface area (Å²) in [5.41, 5.74) is 0.157. The summed E-state index contributed by atoms with van der Waals surface area (Å²) in [6, 6.07) is 8.17. The maximum absolute atomic E-state index is 12.2. The van der Waals surface area contributed by atoms with E-state index in [4.69, 9.17) is 4.74 Å². The first-order valence-corrected chi connectivity index (χ1v) is 8.09. The Balaban J connectivity index is 2.92. The fourth-order valence-electron chi connectivity index (χ4n) is 1.64. The van der Waals surface area contributed by atoms with E-state index < -0.39 is 27.8 Å². The van der Waals surface area contributed by atoms with Gasteiger partial charge in [0.25, 0.3) is 10.2 Å². The Morgan fingerprint density at radius 2 is 1.81 bits per heavy atom. The van der Waals surface area contributed by atoms with Gasteiger partial charge in [-0.3, -0.25) is 4.79 Å². The van der Waals surface area contributed by atoms with Crippen LogP contribution in [-0.2, 0) is 26.2 Å². The number of hydrogen-bond acceptors (Lipinski definition) is 4. The van der Waals surface area contributed by atoms with E-state index in [1.165, 1.54) is 7.05 Å². The van der Waals surface area contributed by atoms with E-state index in [9.17, 15) is 13.2 Å². The molecule has 0 amide bonds. The van der Waals surface area contributed by atoms with E-state index in [-0.39, 0.29) is 6.42 Å². The molecule has 1 atom stereocenters. The molecule has 0 saturated heterocycles. The Kier molecular flexibility index (Phi) is 5.88. The third kappa shape index (κ3) is 6.70. The van der Waals surface area contributed by atoms with Crippen LogP contribution >= 0.6 is 0 Å². The first kappa shape index (κ1) is 17.6. The van der Waals surface area contributed by atoms with Crippen LogP contribution in [0, 0.1) is 0 Å². The third-order valence-corrected chi connectivity index (χ3v) is 3.67.